The highest BCUT2D eigenvalue weighted by Crippen LogP contribution is 2.14. The Kier molecular flexibility index (Phi) is 11.1. The number of nitrogens with zero attached hydrogens (tertiary/aromatic N) is 2. The van der Waals surface area contributed by atoms with Crippen LogP contribution in [0, 0.1) is 6.92 Å². The third-order valence-corrected chi connectivity index (χ3v) is 4.73. The summed E-state index contributed by atoms with van der Waals surface area (Å²) in [6, 6.07) is 2.78. The number of hydrogen-bond acceptors (Lipinski definition) is 3. The fourth-order valence-electron chi connectivity index (χ4n) is 1.85. The monoisotopic (exact) mass is 424 g/mol. The molecule has 0 amide bonds. The molecule has 21 heavy (non-hydrogen) atoms. The molecule has 0 aliphatic rings. The van der Waals surface area contributed by atoms with Crippen LogP contribution in [0.3, 0.4) is 0 Å². The first-order valence-corrected chi connectivity index (χ1v) is 8.14. The number of thiophene rings is 1. The van der Waals surface area contributed by atoms with Gasteiger partial charge in [-0.15, -0.1) is 35.3 Å². The fraction of sp³-hybridized carbons (Fsp3) is 0.667. The van der Waals surface area contributed by atoms with Crippen LogP contribution in [-0.4, -0.2) is 44.1 Å². The van der Waals surface area contributed by atoms with E-state index < -0.39 is 0 Å². The summed E-state index contributed by atoms with van der Waals surface area (Å²) in [5.74, 6) is 0.871. The Morgan fingerprint density at radius 3 is 2.67 bits per heavy atom. The highest BCUT2D eigenvalue weighted by molar-refractivity contribution is 14.0. The maximum atomic E-state index is 4.26. The first-order chi connectivity index (χ1) is 9.58. The van der Waals surface area contributed by atoms with E-state index in [1.807, 2.05) is 7.05 Å². The van der Waals surface area contributed by atoms with Gasteiger partial charge in [-0.05, 0) is 44.3 Å². The van der Waals surface area contributed by atoms with Gasteiger partial charge in [0.1, 0.15) is 0 Å². The predicted octanol–water partition coefficient (Wildman–Crippen LogP) is 3.07. The van der Waals surface area contributed by atoms with E-state index in [1.165, 1.54) is 16.9 Å². The van der Waals surface area contributed by atoms with Crippen LogP contribution in [0.1, 0.15) is 30.7 Å². The van der Waals surface area contributed by atoms with E-state index in [-0.39, 0.29) is 24.0 Å². The van der Waals surface area contributed by atoms with Crippen LogP contribution in [-0.2, 0) is 6.54 Å². The van der Waals surface area contributed by atoms with Gasteiger partial charge in [-0.25, -0.2) is 0 Å². The van der Waals surface area contributed by atoms with Crippen molar-refractivity contribution >= 4 is 41.3 Å². The molecule has 2 N–H and O–H groups in total. The Bertz CT molecular complexity index is 420. The highest BCUT2D eigenvalue weighted by Gasteiger charge is 2.06. The number of hydrogen-bond donors (Lipinski definition) is 2. The minimum Gasteiger partial charge on any atom is -0.355 e. The highest BCUT2D eigenvalue weighted by atomic mass is 127. The number of halogens is 1. The molecule has 4 nitrogen and oxygen atoms in total. The summed E-state index contributed by atoms with van der Waals surface area (Å²) in [4.78, 5) is 7.99. The van der Waals surface area contributed by atoms with Crippen molar-refractivity contribution in [3.63, 3.8) is 0 Å². The molecule has 0 aliphatic carbocycles. The van der Waals surface area contributed by atoms with Gasteiger partial charge in [0.05, 0.1) is 6.54 Å². The van der Waals surface area contributed by atoms with Crippen molar-refractivity contribution in [1.29, 1.82) is 0 Å². The fourth-order valence-corrected chi connectivity index (χ4v) is 2.70. The van der Waals surface area contributed by atoms with E-state index in [0.717, 1.165) is 25.6 Å². The Hall–Kier alpha value is -0.340. The molecular weight excluding hydrogens is 395 g/mol. The van der Waals surface area contributed by atoms with Crippen molar-refractivity contribution in [2.75, 3.05) is 27.2 Å². The number of rotatable bonds is 7. The Labute approximate surface area is 150 Å². The van der Waals surface area contributed by atoms with Crippen LogP contribution in [0.25, 0.3) is 0 Å². The molecule has 0 aliphatic heterocycles. The maximum Gasteiger partial charge on any atom is 0.191 e. The zero-order valence-electron chi connectivity index (χ0n) is 13.8. The Balaban J connectivity index is 0.00000400. The molecule has 1 aromatic heterocycles. The van der Waals surface area contributed by atoms with Gasteiger partial charge >= 0.3 is 0 Å². The quantitative estimate of drug-likeness (QED) is 0.402. The summed E-state index contributed by atoms with van der Waals surface area (Å²) < 4.78 is 0. The average Bonchev–Trinajstić information content (AvgIpc) is 2.86. The molecule has 0 fully saturated rings. The summed E-state index contributed by atoms with van der Waals surface area (Å²) in [5, 5.41) is 8.85. The van der Waals surface area contributed by atoms with Crippen LogP contribution in [0.5, 0.6) is 0 Å². The third-order valence-electron chi connectivity index (χ3n) is 3.71. The van der Waals surface area contributed by atoms with E-state index in [4.69, 9.17) is 0 Å². The molecule has 0 radical (unpaired) electrons. The molecule has 0 saturated heterocycles. The molecule has 1 rings (SSSR count). The van der Waals surface area contributed by atoms with Crippen molar-refractivity contribution in [1.82, 2.24) is 15.5 Å². The Morgan fingerprint density at radius 2 is 2.14 bits per heavy atom. The molecule has 0 saturated carbocycles. The van der Waals surface area contributed by atoms with Crippen molar-refractivity contribution in [2.45, 2.75) is 39.8 Å². The second-order valence-corrected chi connectivity index (χ2v) is 6.12. The van der Waals surface area contributed by atoms with Crippen molar-refractivity contribution in [2.24, 2.45) is 4.99 Å². The van der Waals surface area contributed by atoms with Gasteiger partial charge in [0.2, 0.25) is 0 Å². The molecule has 0 spiro atoms. The van der Waals surface area contributed by atoms with E-state index in [1.54, 1.807) is 11.3 Å². The first kappa shape index (κ1) is 20.7. The van der Waals surface area contributed by atoms with Crippen molar-refractivity contribution in [3.05, 3.63) is 21.9 Å². The molecule has 1 aromatic rings. The number of aliphatic imine (C=N–C) groups is 1. The van der Waals surface area contributed by atoms with Gasteiger partial charge in [-0.3, -0.25) is 4.99 Å². The third kappa shape index (κ3) is 7.46. The minimum atomic E-state index is 0. The SMILES string of the molecule is CCC(C)N(C)CCNC(=NC)NCc1sccc1C.I. The van der Waals surface area contributed by atoms with Crippen LogP contribution >= 0.6 is 35.3 Å². The minimum absolute atomic E-state index is 0. The van der Waals surface area contributed by atoms with Crippen molar-refractivity contribution < 1.29 is 0 Å². The Morgan fingerprint density at radius 1 is 1.43 bits per heavy atom. The standard InChI is InChI=1S/C15H28N4S.HI/c1-6-13(3)19(5)9-8-17-15(16-4)18-11-14-12(2)7-10-20-14;/h7,10,13H,6,8-9,11H2,1-5H3,(H2,16,17,18);1H. The first-order valence-electron chi connectivity index (χ1n) is 7.26. The van der Waals surface area contributed by atoms with Crippen LogP contribution in [0.2, 0.25) is 0 Å². The lowest BCUT2D eigenvalue weighted by atomic mass is 10.2. The van der Waals surface area contributed by atoms with E-state index >= 15 is 0 Å². The van der Waals surface area contributed by atoms with Gasteiger partial charge in [0.25, 0.3) is 0 Å². The molecular formula is C15H29IN4S. The lowest BCUT2D eigenvalue weighted by Crippen LogP contribution is -2.42. The lowest BCUT2D eigenvalue weighted by molar-refractivity contribution is 0.255. The topological polar surface area (TPSA) is 39.7 Å². The summed E-state index contributed by atoms with van der Waals surface area (Å²) in [6.07, 6.45) is 1.18. The molecule has 1 unspecified atom stereocenters. The summed E-state index contributed by atoms with van der Waals surface area (Å²) >= 11 is 1.78. The number of likely N-dealkylation sites (N-methyl/N-ethyl adjacent to an activating group) is 1. The molecule has 1 heterocycles. The molecule has 122 valence electrons. The van der Waals surface area contributed by atoms with E-state index in [9.17, 15) is 0 Å². The summed E-state index contributed by atoms with van der Waals surface area (Å²) in [7, 11) is 3.98. The zero-order chi connectivity index (χ0) is 15.0. The molecule has 1 atom stereocenters. The molecule has 0 aromatic carbocycles. The molecule has 6 heteroatoms. The van der Waals surface area contributed by atoms with Crippen LogP contribution in [0.15, 0.2) is 16.4 Å². The predicted molar refractivity (Wildman–Crippen MR) is 105 cm³/mol. The normalized spacial score (nSPS) is 13.0. The molecule has 0 bridgehead atoms. The smallest absolute Gasteiger partial charge is 0.191 e. The van der Waals surface area contributed by atoms with Gasteiger partial charge in [0.15, 0.2) is 5.96 Å². The lowest BCUT2D eigenvalue weighted by Gasteiger charge is -2.23. The number of guanidine groups is 1. The van der Waals surface area contributed by atoms with E-state index in [0.29, 0.717) is 6.04 Å². The van der Waals surface area contributed by atoms with Crippen molar-refractivity contribution in [3.8, 4) is 0 Å². The van der Waals surface area contributed by atoms with Gasteiger partial charge in [0, 0.05) is 31.1 Å². The van der Waals surface area contributed by atoms with Gasteiger partial charge < -0.3 is 15.5 Å². The van der Waals surface area contributed by atoms with E-state index in [2.05, 4.69) is 59.8 Å². The maximum absolute atomic E-state index is 4.26. The second-order valence-electron chi connectivity index (χ2n) is 5.12. The van der Waals surface area contributed by atoms with Gasteiger partial charge in [-0.1, -0.05) is 6.92 Å². The number of nitrogens with one attached hydrogen (secondary N) is 2. The van der Waals surface area contributed by atoms with Crippen LogP contribution < -0.4 is 10.6 Å². The average molecular weight is 424 g/mol. The van der Waals surface area contributed by atoms with Gasteiger partial charge in [-0.2, -0.15) is 0 Å². The number of aryl methyl sites for hydroxylation is 1. The second kappa shape index (κ2) is 11.3. The zero-order valence-corrected chi connectivity index (χ0v) is 16.9. The van der Waals surface area contributed by atoms with Crippen LogP contribution in [0.4, 0.5) is 0 Å². The summed E-state index contributed by atoms with van der Waals surface area (Å²) in [6.45, 7) is 9.39. The summed E-state index contributed by atoms with van der Waals surface area (Å²) in [5.41, 5.74) is 1.34. The largest absolute Gasteiger partial charge is 0.355 e.